The molecule has 3 N–H and O–H groups in total. The van der Waals surface area contributed by atoms with Crippen LogP contribution < -0.4 is 10.7 Å². The Kier molecular flexibility index (Phi) is 7.34. The third-order valence-corrected chi connectivity index (χ3v) is 8.25. The molecule has 5 heterocycles. The monoisotopic (exact) mass is 553 g/mol. The van der Waals surface area contributed by atoms with Crippen LogP contribution in [0.25, 0.3) is 22.2 Å². The summed E-state index contributed by atoms with van der Waals surface area (Å²) in [6, 6.07) is 4.89. The fourth-order valence-electron chi connectivity index (χ4n) is 6.24. The zero-order valence-corrected chi connectivity index (χ0v) is 23.0. The minimum absolute atomic E-state index is 0.0295. The standard InChI is InChI=1S/C29H36FN5O5/c1-15(2)35-23-9-17(6-7-20(23)26(37)16(3)24(35)13-34-8-4-5-18(36)12-34)25-21(30)11-31-29(33-25)32-22-10-19-14-39-28(40-19)27(22)38/h6-7,9,11,15,18-19,22,27-28,36,38H,4-5,8,10,12-14H2,1-3H3,(H,31,32,33)/t18-,19+,22-,27+,28-/m1/s1. The molecular formula is C29H36FN5O5. The summed E-state index contributed by atoms with van der Waals surface area (Å²) in [6.45, 7) is 8.38. The van der Waals surface area contributed by atoms with E-state index in [9.17, 15) is 15.0 Å². The molecule has 3 aliphatic heterocycles. The van der Waals surface area contributed by atoms with Crippen molar-refractivity contribution in [2.75, 3.05) is 25.0 Å². The number of piperidine rings is 1. The first-order valence-corrected chi connectivity index (χ1v) is 14.0. The molecule has 2 aromatic heterocycles. The summed E-state index contributed by atoms with van der Waals surface area (Å²) in [4.78, 5) is 24.2. The molecule has 40 heavy (non-hydrogen) atoms. The molecular weight excluding hydrogens is 517 g/mol. The zero-order chi connectivity index (χ0) is 28.1. The highest BCUT2D eigenvalue weighted by atomic mass is 19.1. The maximum atomic E-state index is 15.1. The second-order valence-electron chi connectivity index (χ2n) is 11.5. The van der Waals surface area contributed by atoms with E-state index in [0.29, 0.717) is 48.1 Å². The van der Waals surface area contributed by atoms with Gasteiger partial charge in [-0.1, -0.05) is 6.07 Å². The summed E-state index contributed by atoms with van der Waals surface area (Å²) in [5.41, 5.74) is 2.85. The molecule has 5 atom stereocenters. The lowest BCUT2D eigenvalue weighted by atomic mass is 10.0. The first-order valence-electron chi connectivity index (χ1n) is 14.0. The van der Waals surface area contributed by atoms with Crippen molar-refractivity contribution >= 4 is 16.9 Å². The van der Waals surface area contributed by atoms with Gasteiger partial charge in [0, 0.05) is 41.3 Å². The molecule has 11 heteroatoms. The molecule has 0 unspecified atom stereocenters. The van der Waals surface area contributed by atoms with Crippen LogP contribution in [0.1, 0.15) is 50.4 Å². The summed E-state index contributed by atoms with van der Waals surface area (Å²) in [6.07, 6.45) is 1.24. The Balaban J connectivity index is 1.38. The van der Waals surface area contributed by atoms with Gasteiger partial charge in [-0.3, -0.25) is 9.69 Å². The average Bonchev–Trinajstić information content (AvgIpc) is 3.34. The number of fused-ring (bicyclic) bond motifs is 3. The van der Waals surface area contributed by atoms with Crippen molar-refractivity contribution in [2.45, 2.75) is 83.3 Å². The molecule has 2 bridgehead atoms. The molecule has 0 saturated carbocycles. The van der Waals surface area contributed by atoms with Crippen molar-refractivity contribution in [1.82, 2.24) is 19.4 Å². The van der Waals surface area contributed by atoms with Gasteiger partial charge in [0.1, 0.15) is 11.8 Å². The lowest BCUT2D eigenvalue weighted by Crippen LogP contribution is -2.48. The van der Waals surface area contributed by atoms with Gasteiger partial charge >= 0.3 is 0 Å². The second-order valence-corrected chi connectivity index (χ2v) is 11.5. The van der Waals surface area contributed by atoms with Crippen LogP contribution in [0.2, 0.25) is 0 Å². The predicted octanol–water partition coefficient (Wildman–Crippen LogP) is 2.73. The molecule has 0 spiro atoms. The number of aliphatic hydroxyl groups excluding tert-OH is 2. The number of pyridine rings is 1. The van der Waals surface area contributed by atoms with Gasteiger partial charge in [-0.2, -0.15) is 0 Å². The number of hydrogen-bond acceptors (Lipinski definition) is 9. The van der Waals surface area contributed by atoms with E-state index in [2.05, 4.69) is 38.6 Å². The van der Waals surface area contributed by atoms with Gasteiger partial charge in [0.15, 0.2) is 17.5 Å². The average molecular weight is 554 g/mol. The summed E-state index contributed by atoms with van der Waals surface area (Å²) in [7, 11) is 0. The molecule has 214 valence electrons. The molecule has 0 aliphatic carbocycles. The SMILES string of the molecule is Cc1c(CN2CCC[C@@H](O)C2)n(C(C)C)c2cc(-c3nc(N[C@@H]4C[C@H]5CO[C@H](O5)[C@H]4O)ncc3F)ccc2c1=O. The molecule has 10 nitrogen and oxygen atoms in total. The molecule has 3 aliphatic rings. The summed E-state index contributed by atoms with van der Waals surface area (Å²) in [5.74, 6) is -0.398. The number of nitrogens with zero attached hydrogens (tertiary/aromatic N) is 4. The van der Waals surface area contributed by atoms with Crippen LogP contribution in [0.15, 0.2) is 29.2 Å². The van der Waals surface area contributed by atoms with Gasteiger partial charge in [-0.25, -0.2) is 14.4 Å². The Bertz CT molecular complexity index is 1480. The molecule has 3 saturated heterocycles. The Morgan fingerprint density at radius 3 is 2.88 bits per heavy atom. The third kappa shape index (κ3) is 5.01. The van der Waals surface area contributed by atoms with Gasteiger partial charge in [-0.05, 0) is 58.7 Å². The van der Waals surface area contributed by atoms with Crippen LogP contribution in [0.5, 0.6) is 0 Å². The van der Waals surface area contributed by atoms with Crippen LogP contribution in [0, 0.1) is 12.7 Å². The van der Waals surface area contributed by atoms with Crippen LogP contribution >= 0.6 is 0 Å². The maximum Gasteiger partial charge on any atom is 0.223 e. The lowest BCUT2D eigenvalue weighted by molar-refractivity contribution is -0.156. The van der Waals surface area contributed by atoms with Gasteiger partial charge in [0.2, 0.25) is 5.95 Å². The number of ether oxygens (including phenoxy) is 2. The van der Waals surface area contributed by atoms with E-state index in [1.165, 1.54) is 0 Å². The fraction of sp³-hybridized carbons (Fsp3) is 0.552. The largest absolute Gasteiger partial charge is 0.392 e. The molecule has 0 radical (unpaired) electrons. The Hall–Kier alpha value is -2.96. The number of aliphatic hydroxyl groups is 2. The second kappa shape index (κ2) is 10.8. The van der Waals surface area contributed by atoms with E-state index in [1.807, 2.05) is 13.0 Å². The van der Waals surface area contributed by atoms with Crippen LogP contribution in [0.4, 0.5) is 10.3 Å². The molecule has 0 amide bonds. The number of halogens is 1. The number of β-amino-alcohol motifs (C(OH)–C–C–N with tert-alkyl or cyclic N) is 1. The normalized spacial score (nSPS) is 27.0. The Labute approximate surface area is 231 Å². The van der Waals surface area contributed by atoms with E-state index in [4.69, 9.17) is 9.47 Å². The number of hydrogen-bond donors (Lipinski definition) is 3. The van der Waals surface area contributed by atoms with Gasteiger partial charge in [0.25, 0.3) is 0 Å². The summed E-state index contributed by atoms with van der Waals surface area (Å²) >= 11 is 0. The third-order valence-electron chi connectivity index (χ3n) is 8.25. The number of aromatic nitrogens is 3. The number of benzene rings is 1. The van der Waals surface area contributed by atoms with Crippen molar-refractivity contribution < 1.29 is 24.1 Å². The highest BCUT2D eigenvalue weighted by Gasteiger charge is 2.43. The minimum Gasteiger partial charge on any atom is -0.392 e. The fourth-order valence-corrected chi connectivity index (χ4v) is 6.24. The lowest BCUT2D eigenvalue weighted by Gasteiger charge is -2.32. The van der Waals surface area contributed by atoms with E-state index < -0.39 is 24.3 Å². The van der Waals surface area contributed by atoms with Crippen molar-refractivity contribution in [3.8, 4) is 11.3 Å². The summed E-state index contributed by atoms with van der Waals surface area (Å²) in [5, 5.41) is 24.5. The topological polar surface area (TPSA) is 122 Å². The highest BCUT2D eigenvalue weighted by molar-refractivity contribution is 5.85. The molecule has 1 aromatic carbocycles. The Morgan fingerprint density at radius 1 is 1.27 bits per heavy atom. The maximum absolute atomic E-state index is 15.1. The number of anilines is 1. The van der Waals surface area contributed by atoms with Crippen LogP contribution in [-0.2, 0) is 16.0 Å². The van der Waals surface area contributed by atoms with Gasteiger partial charge < -0.3 is 29.6 Å². The molecule has 3 aromatic rings. The summed E-state index contributed by atoms with van der Waals surface area (Å²) < 4.78 is 28.3. The molecule has 3 fully saturated rings. The van der Waals surface area contributed by atoms with E-state index in [0.717, 1.165) is 31.3 Å². The molecule has 6 rings (SSSR count). The number of nitrogens with one attached hydrogen (secondary N) is 1. The Morgan fingerprint density at radius 2 is 2.10 bits per heavy atom. The van der Waals surface area contributed by atoms with E-state index in [1.54, 1.807) is 12.1 Å². The van der Waals surface area contributed by atoms with Gasteiger partial charge in [-0.15, -0.1) is 0 Å². The van der Waals surface area contributed by atoms with Gasteiger partial charge in [0.05, 0.1) is 36.6 Å². The first kappa shape index (κ1) is 27.2. The van der Waals surface area contributed by atoms with Crippen LogP contribution in [-0.4, -0.2) is 80.0 Å². The van der Waals surface area contributed by atoms with Crippen molar-refractivity contribution in [3.63, 3.8) is 0 Å². The highest BCUT2D eigenvalue weighted by Crippen LogP contribution is 2.31. The van der Waals surface area contributed by atoms with E-state index >= 15 is 4.39 Å². The smallest absolute Gasteiger partial charge is 0.223 e. The van der Waals surface area contributed by atoms with Crippen molar-refractivity contribution in [2.24, 2.45) is 0 Å². The van der Waals surface area contributed by atoms with Crippen molar-refractivity contribution in [3.05, 3.63) is 51.7 Å². The number of rotatable bonds is 6. The minimum atomic E-state index is -0.903. The van der Waals surface area contributed by atoms with Crippen LogP contribution in [0.3, 0.4) is 0 Å². The predicted molar refractivity (Wildman–Crippen MR) is 147 cm³/mol. The quantitative estimate of drug-likeness (QED) is 0.423. The number of likely N-dealkylation sites (tertiary alicyclic amines) is 1. The van der Waals surface area contributed by atoms with Crippen molar-refractivity contribution in [1.29, 1.82) is 0 Å². The van der Waals surface area contributed by atoms with E-state index in [-0.39, 0.29) is 35.3 Å². The zero-order valence-electron chi connectivity index (χ0n) is 23.0. The first-order chi connectivity index (χ1) is 19.2.